The van der Waals surface area contributed by atoms with Gasteiger partial charge in [-0.2, -0.15) is 0 Å². The van der Waals surface area contributed by atoms with Gasteiger partial charge in [0.1, 0.15) is 11.3 Å². The van der Waals surface area contributed by atoms with E-state index in [0.717, 1.165) is 45.2 Å². The summed E-state index contributed by atoms with van der Waals surface area (Å²) < 4.78 is 11.6. The molecule has 3 heterocycles. The highest BCUT2D eigenvalue weighted by molar-refractivity contribution is 7.25. The Hall–Kier alpha value is -6.23. The van der Waals surface area contributed by atoms with Crippen molar-refractivity contribution in [2.75, 3.05) is 0 Å². The van der Waals surface area contributed by atoms with Crippen molar-refractivity contribution in [3.05, 3.63) is 158 Å². The predicted octanol–water partition coefficient (Wildman–Crippen LogP) is 12.8. The fourth-order valence-electron chi connectivity index (χ4n) is 7.88. The van der Waals surface area contributed by atoms with Gasteiger partial charge in [-0.25, -0.2) is 4.98 Å². The van der Waals surface area contributed by atoms with Crippen molar-refractivity contribution in [1.82, 2.24) is 9.55 Å². The van der Waals surface area contributed by atoms with Crippen LogP contribution in [0.4, 0.5) is 0 Å². The fraction of sp³-hybridized carbons (Fsp3) is 0. The maximum atomic E-state index is 6.68. The zero-order valence-corrected chi connectivity index (χ0v) is 27.0. The van der Waals surface area contributed by atoms with Gasteiger partial charge in [0, 0.05) is 25.7 Å². The molecule has 0 radical (unpaired) electrons. The van der Waals surface area contributed by atoms with Crippen molar-refractivity contribution in [2.24, 2.45) is 0 Å². The van der Waals surface area contributed by atoms with Crippen LogP contribution in [0.1, 0.15) is 0 Å². The van der Waals surface area contributed by atoms with E-state index in [-0.39, 0.29) is 0 Å². The van der Waals surface area contributed by atoms with Gasteiger partial charge in [0.25, 0.3) is 0 Å². The van der Waals surface area contributed by atoms with Crippen LogP contribution in [0.2, 0.25) is 0 Å². The molecule has 1 aliphatic rings. The molecule has 228 valence electrons. The lowest BCUT2D eigenvalue weighted by molar-refractivity contribution is 0.476. The molecule has 3 nitrogen and oxygen atoms in total. The number of benzene rings is 8. The molecule has 0 aliphatic carbocycles. The Morgan fingerprint density at radius 2 is 1.06 bits per heavy atom. The smallest absolute Gasteiger partial charge is 0.153 e. The maximum Gasteiger partial charge on any atom is 0.153 e. The topological polar surface area (TPSA) is 27.1 Å². The second-order valence-corrected chi connectivity index (χ2v) is 13.8. The first-order valence-electron chi connectivity index (χ1n) is 16.5. The molecule has 0 unspecified atom stereocenters. The lowest BCUT2D eigenvalue weighted by atomic mass is 9.85. The number of fused-ring (bicyclic) bond motifs is 7. The molecule has 1 aliphatic heterocycles. The number of hydrogen-bond acceptors (Lipinski definition) is 3. The van der Waals surface area contributed by atoms with Gasteiger partial charge in [-0.05, 0) is 80.2 Å². The van der Waals surface area contributed by atoms with Gasteiger partial charge < -0.3 is 4.74 Å². The number of thiophene rings is 1. The van der Waals surface area contributed by atoms with Gasteiger partial charge in [0.2, 0.25) is 0 Å². The standard InChI is InChI=1S/C45H26N2OS/c1-2-11-27(12-3-1)45-46-36-18-10-19-38-44(36)47(45)37-24-22-28(25-39(37)48-38)42-32-14-4-6-16-34(32)43(35-17-7-5-15-33(35)42)29-21-23-31-30-13-8-9-20-40(30)49-41(31)26-29/h1-26H. The lowest BCUT2D eigenvalue weighted by Crippen LogP contribution is -2.06. The first-order chi connectivity index (χ1) is 24.3. The van der Waals surface area contributed by atoms with Crippen LogP contribution in [0.15, 0.2) is 158 Å². The number of nitrogens with zero attached hydrogens (tertiary/aromatic N) is 2. The third-order valence-electron chi connectivity index (χ3n) is 9.98. The van der Waals surface area contributed by atoms with Crippen molar-refractivity contribution in [3.8, 4) is 50.8 Å². The van der Waals surface area contributed by atoms with Crippen molar-refractivity contribution in [2.45, 2.75) is 0 Å². The van der Waals surface area contributed by atoms with E-state index in [1.807, 2.05) is 29.5 Å². The van der Waals surface area contributed by atoms with Gasteiger partial charge >= 0.3 is 0 Å². The Bertz CT molecular complexity index is 2910. The zero-order valence-electron chi connectivity index (χ0n) is 26.2. The summed E-state index contributed by atoms with van der Waals surface area (Å²) in [6.07, 6.45) is 0. The first kappa shape index (κ1) is 26.8. The average molecular weight is 643 g/mol. The summed E-state index contributed by atoms with van der Waals surface area (Å²) in [5.41, 5.74) is 8.82. The van der Waals surface area contributed by atoms with E-state index in [0.29, 0.717) is 0 Å². The van der Waals surface area contributed by atoms with Gasteiger partial charge in [0.15, 0.2) is 11.5 Å². The fourth-order valence-corrected chi connectivity index (χ4v) is 9.03. The Kier molecular flexibility index (Phi) is 5.54. The van der Waals surface area contributed by atoms with E-state index in [9.17, 15) is 0 Å². The van der Waals surface area contributed by atoms with E-state index in [1.54, 1.807) is 0 Å². The van der Waals surface area contributed by atoms with Crippen LogP contribution in [0.3, 0.4) is 0 Å². The highest BCUT2D eigenvalue weighted by Crippen LogP contribution is 2.48. The van der Waals surface area contributed by atoms with E-state index in [1.165, 1.54) is 58.4 Å². The summed E-state index contributed by atoms with van der Waals surface area (Å²) in [6, 6.07) is 56.6. The van der Waals surface area contributed by atoms with Crippen LogP contribution in [-0.2, 0) is 0 Å². The molecule has 49 heavy (non-hydrogen) atoms. The van der Waals surface area contributed by atoms with Gasteiger partial charge in [-0.1, -0.05) is 121 Å². The number of rotatable bonds is 3. The Labute approximate surface area is 285 Å². The quantitative estimate of drug-likeness (QED) is 0.179. The molecular weight excluding hydrogens is 617 g/mol. The monoisotopic (exact) mass is 642 g/mol. The van der Waals surface area contributed by atoms with Gasteiger partial charge in [-0.3, -0.25) is 4.57 Å². The van der Waals surface area contributed by atoms with Crippen LogP contribution >= 0.6 is 11.3 Å². The minimum Gasteiger partial charge on any atom is -0.453 e. The molecule has 0 bridgehead atoms. The molecule has 8 aromatic carbocycles. The van der Waals surface area contributed by atoms with Crippen LogP contribution in [0, 0.1) is 0 Å². The minimum absolute atomic E-state index is 0.818. The summed E-state index contributed by atoms with van der Waals surface area (Å²) in [5, 5.41) is 7.56. The largest absolute Gasteiger partial charge is 0.453 e. The first-order valence-corrected chi connectivity index (χ1v) is 17.4. The van der Waals surface area contributed by atoms with E-state index < -0.39 is 0 Å². The van der Waals surface area contributed by atoms with Crippen LogP contribution in [0.5, 0.6) is 11.5 Å². The summed E-state index contributed by atoms with van der Waals surface area (Å²) >= 11 is 1.87. The Morgan fingerprint density at radius 3 is 1.80 bits per heavy atom. The van der Waals surface area contributed by atoms with Crippen LogP contribution in [0.25, 0.3) is 92.1 Å². The summed E-state index contributed by atoms with van der Waals surface area (Å²) in [7, 11) is 0. The number of imidazole rings is 1. The van der Waals surface area contributed by atoms with Gasteiger partial charge in [-0.15, -0.1) is 11.3 Å². The summed E-state index contributed by atoms with van der Waals surface area (Å²) in [4.78, 5) is 5.07. The molecule has 0 atom stereocenters. The highest BCUT2D eigenvalue weighted by Gasteiger charge is 2.26. The average Bonchev–Trinajstić information content (AvgIpc) is 3.73. The van der Waals surface area contributed by atoms with Crippen molar-refractivity contribution >= 4 is 64.1 Å². The number of para-hydroxylation sites is 1. The SMILES string of the molecule is c1ccc(-c2nc3cccc4c3n2-c2ccc(-c3c5ccccc5c(-c5ccc6c(c5)sc5ccccc56)c5ccccc35)cc2O4)cc1. The van der Waals surface area contributed by atoms with E-state index in [2.05, 4.69) is 144 Å². The maximum absolute atomic E-state index is 6.68. The van der Waals surface area contributed by atoms with Gasteiger partial charge in [0.05, 0.1) is 11.2 Å². The van der Waals surface area contributed by atoms with Crippen LogP contribution < -0.4 is 4.74 Å². The molecule has 0 saturated carbocycles. The third-order valence-corrected chi connectivity index (χ3v) is 11.1. The molecule has 0 fully saturated rings. The highest BCUT2D eigenvalue weighted by atomic mass is 32.1. The molecule has 0 spiro atoms. The molecule has 4 heteroatoms. The molecular formula is C45H26N2OS. The van der Waals surface area contributed by atoms with Crippen molar-refractivity contribution in [3.63, 3.8) is 0 Å². The molecule has 0 amide bonds. The molecule has 10 aromatic rings. The predicted molar refractivity (Wildman–Crippen MR) is 205 cm³/mol. The number of hydrogen-bond donors (Lipinski definition) is 0. The normalized spacial score (nSPS) is 12.2. The lowest BCUT2D eigenvalue weighted by Gasteiger charge is -2.23. The number of ether oxygens (including phenoxy) is 1. The number of aromatic nitrogens is 2. The third kappa shape index (κ3) is 3.86. The second kappa shape index (κ2) is 10.1. The zero-order chi connectivity index (χ0) is 32.1. The molecule has 2 aromatic heterocycles. The second-order valence-electron chi connectivity index (χ2n) is 12.7. The van der Waals surface area contributed by atoms with E-state index in [4.69, 9.17) is 9.72 Å². The van der Waals surface area contributed by atoms with E-state index >= 15 is 0 Å². The molecule has 0 saturated heterocycles. The van der Waals surface area contributed by atoms with Crippen LogP contribution in [-0.4, -0.2) is 9.55 Å². The summed E-state index contributed by atoms with van der Waals surface area (Å²) in [5.74, 6) is 2.55. The summed E-state index contributed by atoms with van der Waals surface area (Å²) in [6.45, 7) is 0. The van der Waals surface area contributed by atoms with Crippen molar-refractivity contribution < 1.29 is 4.74 Å². The van der Waals surface area contributed by atoms with Crippen molar-refractivity contribution in [1.29, 1.82) is 0 Å². The molecule has 0 N–H and O–H groups in total. The minimum atomic E-state index is 0.818. The molecule has 11 rings (SSSR count). The Balaban J connectivity index is 1.15. The Morgan fingerprint density at radius 1 is 0.449 bits per heavy atom.